The lowest BCUT2D eigenvalue weighted by Crippen LogP contribution is -2.24. The normalized spacial score (nSPS) is 10.6. The van der Waals surface area contributed by atoms with Gasteiger partial charge in [0.05, 0.1) is 16.3 Å². The van der Waals surface area contributed by atoms with Crippen molar-refractivity contribution in [3.63, 3.8) is 0 Å². The number of pyridine rings is 1. The van der Waals surface area contributed by atoms with Crippen molar-refractivity contribution in [1.29, 1.82) is 5.26 Å². The minimum atomic E-state index is -0.284. The highest BCUT2D eigenvalue weighted by molar-refractivity contribution is 7.13. The van der Waals surface area contributed by atoms with Crippen LogP contribution < -0.4 is 5.56 Å². The Kier molecular flexibility index (Phi) is 4.92. The smallest absolute Gasteiger partial charge is 0.274 e. The Morgan fingerprint density at radius 1 is 1.00 bits per heavy atom. The first-order valence-electron chi connectivity index (χ1n) is 9.12. The van der Waals surface area contributed by atoms with Crippen LogP contribution in [-0.2, 0) is 6.42 Å². The molecule has 0 aliphatic carbocycles. The molecule has 0 fully saturated rings. The fourth-order valence-corrected chi connectivity index (χ4v) is 4.17. The molecule has 2 aromatic heterocycles. The molecule has 0 bridgehead atoms. The minimum absolute atomic E-state index is 0.164. The summed E-state index contributed by atoms with van der Waals surface area (Å²) in [5.74, 6) is 0. The highest BCUT2D eigenvalue weighted by Gasteiger charge is 2.19. The average Bonchev–Trinajstić information content (AvgIpc) is 3.28. The molecule has 4 heteroatoms. The lowest BCUT2D eigenvalue weighted by atomic mass is 9.99. The van der Waals surface area contributed by atoms with Crippen molar-refractivity contribution in [3.05, 3.63) is 99.7 Å². The Morgan fingerprint density at radius 3 is 2.43 bits per heavy atom. The van der Waals surface area contributed by atoms with E-state index < -0.39 is 0 Å². The predicted octanol–water partition coefficient (Wildman–Crippen LogP) is 5.67. The molecule has 4 rings (SSSR count). The number of nitrogens with zero attached hydrogens (tertiary/aromatic N) is 2. The van der Waals surface area contributed by atoms with E-state index in [1.165, 1.54) is 0 Å². The van der Waals surface area contributed by atoms with Crippen molar-refractivity contribution < 1.29 is 0 Å². The van der Waals surface area contributed by atoms with Crippen LogP contribution >= 0.6 is 11.3 Å². The number of benzene rings is 2. The van der Waals surface area contributed by atoms with Gasteiger partial charge in [0.1, 0.15) is 11.6 Å². The molecule has 0 saturated carbocycles. The lowest BCUT2D eigenvalue weighted by molar-refractivity contribution is 0.961. The molecular weight excluding hydrogens is 364 g/mol. The zero-order chi connectivity index (χ0) is 19.5. The molecule has 0 radical (unpaired) electrons. The second kappa shape index (κ2) is 7.67. The van der Waals surface area contributed by atoms with Crippen LogP contribution in [0.15, 0.2) is 83.0 Å². The molecule has 136 valence electrons. The highest BCUT2D eigenvalue weighted by Crippen LogP contribution is 2.32. The molecule has 28 heavy (non-hydrogen) atoms. The molecule has 0 aliphatic rings. The van der Waals surface area contributed by atoms with Crippen LogP contribution in [-0.4, -0.2) is 4.57 Å². The third-order valence-corrected chi connectivity index (χ3v) is 5.68. The van der Waals surface area contributed by atoms with Crippen molar-refractivity contribution in [3.8, 4) is 33.5 Å². The molecule has 0 saturated heterocycles. The van der Waals surface area contributed by atoms with Crippen LogP contribution in [0.1, 0.15) is 18.1 Å². The summed E-state index contributed by atoms with van der Waals surface area (Å²) in [7, 11) is 0. The summed E-state index contributed by atoms with van der Waals surface area (Å²) >= 11 is 1.58. The van der Waals surface area contributed by atoms with Gasteiger partial charge < -0.3 is 0 Å². The number of aromatic nitrogens is 1. The number of aryl methyl sites for hydroxylation is 1. The van der Waals surface area contributed by atoms with Gasteiger partial charge in [0, 0.05) is 5.56 Å². The van der Waals surface area contributed by atoms with E-state index in [1.807, 2.05) is 78.2 Å². The summed E-state index contributed by atoms with van der Waals surface area (Å²) in [5, 5.41) is 11.8. The molecule has 2 heterocycles. The maximum Gasteiger partial charge on any atom is 0.274 e. The van der Waals surface area contributed by atoms with Gasteiger partial charge in [0.25, 0.3) is 5.56 Å². The van der Waals surface area contributed by atoms with Gasteiger partial charge in [-0.25, -0.2) is 0 Å². The third-order valence-electron chi connectivity index (χ3n) is 4.79. The monoisotopic (exact) mass is 382 g/mol. The first-order chi connectivity index (χ1) is 13.7. The van der Waals surface area contributed by atoms with Crippen molar-refractivity contribution in [2.45, 2.75) is 13.3 Å². The number of nitriles is 1. The maximum absolute atomic E-state index is 13.5. The van der Waals surface area contributed by atoms with Crippen LogP contribution in [0.25, 0.3) is 27.4 Å². The van der Waals surface area contributed by atoms with Crippen LogP contribution in [0.2, 0.25) is 0 Å². The van der Waals surface area contributed by atoms with Gasteiger partial charge in [-0.05, 0) is 41.1 Å². The van der Waals surface area contributed by atoms with Crippen molar-refractivity contribution >= 4 is 11.3 Å². The Bertz CT molecular complexity index is 1220. The third kappa shape index (κ3) is 3.06. The zero-order valence-electron chi connectivity index (χ0n) is 15.4. The molecule has 0 atom stereocenters. The number of rotatable bonds is 4. The molecule has 3 nitrogen and oxygen atoms in total. The summed E-state index contributed by atoms with van der Waals surface area (Å²) in [4.78, 5) is 14.5. The van der Waals surface area contributed by atoms with Gasteiger partial charge in [-0.3, -0.25) is 9.36 Å². The van der Waals surface area contributed by atoms with Crippen LogP contribution in [0.3, 0.4) is 0 Å². The Labute approximate surface area is 167 Å². The van der Waals surface area contributed by atoms with E-state index in [2.05, 4.69) is 13.0 Å². The molecule has 4 aromatic rings. The van der Waals surface area contributed by atoms with Crippen LogP contribution in [0, 0.1) is 11.3 Å². The molecule has 2 aromatic carbocycles. The molecular formula is C24H18N2OS. The first-order valence-corrected chi connectivity index (χ1v) is 10.00. The first kappa shape index (κ1) is 18.0. The van der Waals surface area contributed by atoms with Crippen molar-refractivity contribution in [1.82, 2.24) is 4.57 Å². The van der Waals surface area contributed by atoms with Gasteiger partial charge in [0.2, 0.25) is 0 Å². The molecule has 0 aliphatic heterocycles. The van der Waals surface area contributed by atoms with Crippen molar-refractivity contribution in [2.75, 3.05) is 0 Å². The van der Waals surface area contributed by atoms with Gasteiger partial charge in [-0.15, -0.1) is 11.3 Å². The standard InChI is InChI=1S/C24H18N2OS/c1-2-17-9-6-7-12-21(17)26-22(23-13-8-14-28-23)15-19(20(16-25)24(26)27)18-10-4-3-5-11-18/h3-15H,2H2,1H3. The molecule has 0 N–H and O–H groups in total. The minimum Gasteiger partial charge on any atom is -0.275 e. The van der Waals surface area contributed by atoms with Crippen LogP contribution in [0.5, 0.6) is 0 Å². The van der Waals surface area contributed by atoms with E-state index in [0.717, 1.165) is 33.8 Å². The van der Waals surface area contributed by atoms with Gasteiger partial charge in [-0.2, -0.15) is 5.26 Å². The summed E-state index contributed by atoms with van der Waals surface area (Å²) in [6.45, 7) is 2.07. The molecule has 0 amide bonds. The predicted molar refractivity (Wildman–Crippen MR) is 115 cm³/mol. The average molecular weight is 382 g/mol. The second-order valence-corrected chi connectivity index (χ2v) is 7.34. The summed E-state index contributed by atoms with van der Waals surface area (Å²) in [6.07, 6.45) is 0.800. The van der Waals surface area contributed by atoms with Crippen LogP contribution in [0.4, 0.5) is 0 Å². The van der Waals surface area contributed by atoms with E-state index >= 15 is 0 Å². The van der Waals surface area contributed by atoms with Gasteiger partial charge >= 0.3 is 0 Å². The molecule has 0 spiro atoms. The van der Waals surface area contributed by atoms with E-state index in [-0.39, 0.29) is 11.1 Å². The zero-order valence-corrected chi connectivity index (χ0v) is 16.2. The van der Waals surface area contributed by atoms with E-state index in [1.54, 1.807) is 15.9 Å². The Morgan fingerprint density at radius 2 is 1.75 bits per heavy atom. The quantitative estimate of drug-likeness (QED) is 0.457. The summed E-state index contributed by atoms with van der Waals surface area (Å²) < 4.78 is 1.69. The highest BCUT2D eigenvalue weighted by atomic mass is 32.1. The number of thiophene rings is 1. The van der Waals surface area contributed by atoms with E-state index in [4.69, 9.17) is 0 Å². The Hall–Kier alpha value is -3.42. The van der Waals surface area contributed by atoms with E-state index in [0.29, 0.717) is 5.56 Å². The van der Waals surface area contributed by atoms with E-state index in [9.17, 15) is 10.1 Å². The SMILES string of the molecule is CCc1ccccc1-n1c(-c2cccs2)cc(-c2ccccc2)c(C#N)c1=O. The van der Waals surface area contributed by atoms with Crippen molar-refractivity contribution in [2.24, 2.45) is 0 Å². The van der Waals surface area contributed by atoms with Gasteiger partial charge in [-0.1, -0.05) is 61.5 Å². The number of hydrogen-bond acceptors (Lipinski definition) is 3. The Balaban J connectivity index is 2.12. The topological polar surface area (TPSA) is 45.8 Å². The fourth-order valence-electron chi connectivity index (χ4n) is 3.44. The molecule has 0 unspecified atom stereocenters. The fraction of sp³-hybridized carbons (Fsp3) is 0.0833. The maximum atomic E-state index is 13.5. The lowest BCUT2D eigenvalue weighted by Gasteiger charge is -2.18. The largest absolute Gasteiger partial charge is 0.275 e. The summed E-state index contributed by atoms with van der Waals surface area (Å²) in [5.41, 5.74) is 4.11. The number of para-hydroxylation sites is 1. The second-order valence-electron chi connectivity index (χ2n) is 6.40. The van der Waals surface area contributed by atoms with Gasteiger partial charge in [0.15, 0.2) is 0 Å². The summed E-state index contributed by atoms with van der Waals surface area (Å²) in [6, 6.07) is 25.6. The number of hydrogen-bond donors (Lipinski definition) is 0.